The number of aromatic nitrogens is 3. The van der Waals surface area contributed by atoms with E-state index in [1.165, 1.54) is 96.2 Å². The van der Waals surface area contributed by atoms with Gasteiger partial charge in [-0.3, -0.25) is 0 Å². The van der Waals surface area contributed by atoms with Crippen molar-refractivity contribution in [3.8, 4) is 11.4 Å². The Kier molecular flexibility index (Phi) is 10.6. The van der Waals surface area contributed by atoms with Crippen molar-refractivity contribution in [3.63, 3.8) is 0 Å². The van der Waals surface area contributed by atoms with Crippen molar-refractivity contribution in [1.82, 2.24) is 13.4 Å². The van der Waals surface area contributed by atoms with Gasteiger partial charge in [0.25, 0.3) is 8.24 Å². The molecule has 362 valence electrons. The van der Waals surface area contributed by atoms with Crippen LogP contribution in [0.2, 0.25) is 0 Å². The average molecular weight is 1010 g/mol. The van der Waals surface area contributed by atoms with Gasteiger partial charge in [0.15, 0.2) is 8.07 Å². The van der Waals surface area contributed by atoms with Gasteiger partial charge in [0.1, 0.15) is 0 Å². The second-order valence-corrected chi connectivity index (χ2v) is 27.8. The number of para-hydroxylation sites is 4. The van der Waals surface area contributed by atoms with Crippen LogP contribution in [0.5, 0.6) is 0 Å². The van der Waals surface area contributed by atoms with Crippen molar-refractivity contribution in [3.05, 3.63) is 309 Å². The third kappa shape index (κ3) is 6.74. The molecule has 0 aliphatic rings. The van der Waals surface area contributed by atoms with E-state index >= 15 is 0 Å². The number of rotatable bonds is 10. The van der Waals surface area contributed by atoms with Crippen molar-refractivity contribution in [2.75, 3.05) is 0 Å². The number of benzene rings is 12. The van der Waals surface area contributed by atoms with Gasteiger partial charge in [0, 0.05) is 54.7 Å². The van der Waals surface area contributed by atoms with Gasteiger partial charge < -0.3 is 13.4 Å². The second-order valence-electron chi connectivity index (χ2n) is 20.3. The Morgan fingerprint density at radius 3 is 1.00 bits per heavy atom. The van der Waals surface area contributed by atoms with E-state index in [0.29, 0.717) is 0 Å². The number of nitrogens with zero attached hydrogens (tertiary/aromatic N) is 3. The second kappa shape index (κ2) is 18.1. The Bertz CT molecular complexity index is 4430. The van der Waals surface area contributed by atoms with Gasteiger partial charge in [0.05, 0.1) is 22.1 Å². The lowest BCUT2D eigenvalue weighted by Gasteiger charge is -2.36. The maximum Gasteiger partial charge on any atom is 0.257 e. The summed E-state index contributed by atoms with van der Waals surface area (Å²) in [6.45, 7) is 0. The molecule has 0 aliphatic heterocycles. The molecule has 0 spiro atoms. The Balaban J connectivity index is 1.05. The summed E-state index contributed by atoms with van der Waals surface area (Å²) in [4.78, 5) is 0. The Morgan fingerprint density at radius 1 is 0.195 bits per heavy atom. The minimum absolute atomic E-state index is 1.13. The quantitative estimate of drug-likeness (QED) is 0.0958. The Morgan fingerprint density at radius 2 is 0.532 bits per heavy atom. The lowest BCUT2D eigenvalue weighted by molar-refractivity contribution is 1.17. The largest absolute Gasteiger partial charge is 0.355 e. The van der Waals surface area contributed by atoms with E-state index in [1.54, 1.807) is 0 Å². The standard InChI is InChI=1S/C72H51N3Si2/c1-6-26-54(27-7-1)76(55-28-8-2-9-29-55,56-30-10-3-11-31-56)59-46-48-70-66(51-59)65-50-53(74-67-41-20-16-37-61(67)62-38-17-21-42-68(62)74)45-47-69(65)73(70)52-25-24-36-60(49-52)77(57-32-12-4-13-33-57,58-34-14-5-15-35-58)75-71-43-22-18-39-63(71)64-40-19-23-44-72(64)75/h1-51H. The topological polar surface area (TPSA) is 14.8 Å². The molecule has 0 saturated carbocycles. The van der Waals surface area contributed by atoms with Gasteiger partial charge in [-0.1, -0.05) is 249 Å². The van der Waals surface area contributed by atoms with Crippen LogP contribution in [0, 0.1) is 0 Å². The summed E-state index contributed by atoms with van der Waals surface area (Å²) in [6.07, 6.45) is 0. The van der Waals surface area contributed by atoms with Crippen LogP contribution in [0.1, 0.15) is 0 Å². The summed E-state index contributed by atoms with van der Waals surface area (Å²) in [5.41, 5.74) is 9.46. The molecule has 0 unspecified atom stereocenters. The fraction of sp³-hybridized carbons (Fsp3) is 0. The van der Waals surface area contributed by atoms with Gasteiger partial charge >= 0.3 is 0 Å². The molecule has 12 aromatic carbocycles. The van der Waals surface area contributed by atoms with Crippen LogP contribution in [0.15, 0.2) is 309 Å². The average Bonchev–Trinajstić information content (AvgIpc) is 4.19. The summed E-state index contributed by atoms with van der Waals surface area (Å²) in [6, 6.07) is 116. The summed E-state index contributed by atoms with van der Waals surface area (Å²) in [5, 5.41) is 16.8. The maximum absolute atomic E-state index is 3.19. The fourth-order valence-corrected chi connectivity index (χ4v) is 23.0. The summed E-state index contributed by atoms with van der Waals surface area (Å²) >= 11 is 0. The molecule has 77 heavy (non-hydrogen) atoms. The minimum Gasteiger partial charge on any atom is -0.355 e. The zero-order chi connectivity index (χ0) is 50.9. The molecule has 0 fully saturated rings. The molecule has 3 heterocycles. The van der Waals surface area contributed by atoms with Crippen LogP contribution in [0.4, 0.5) is 0 Å². The van der Waals surface area contributed by atoms with Crippen LogP contribution < -0.4 is 36.3 Å². The molecule has 3 nitrogen and oxygen atoms in total. The number of hydrogen-bond donors (Lipinski definition) is 0. The Hall–Kier alpha value is -9.53. The van der Waals surface area contributed by atoms with Crippen LogP contribution in [0.3, 0.4) is 0 Å². The van der Waals surface area contributed by atoms with E-state index in [4.69, 9.17) is 0 Å². The van der Waals surface area contributed by atoms with Crippen molar-refractivity contribution >= 4 is 118 Å². The highest BCUT2D eigenvalue weighted by Gasteiger charge is 2.45. The zero-order valence-corrected chi connectivity index (χ0v) is 44.3. The third-order valence-corrected chi connectivity index (χ3v) is 25.9. The summed E-state index contributed by atoms with van der Waals surface area (Å²) < 4.78 is 7.75. The smallest absolute Gasteiger partial charge is 0.257 e. The van der Waals surface area contributed by atoms with Crippen LogP contribution in [-0.4, -0.2) is 29.7 Å². The molecule has 0 N–H and O–H groups in total. The molecule has 0 bridgehead atoms. The van der Waals surface area contributed by atoms with Crippen molar-refractivity contribution in [2.45, 2.75) is 0 Å². The molecule has 15 rings (SSSR count). The van der Waals surface area contributed by atoms with E-state index < -0.39 is 16.3 Å². The minimum atomic E-state index is -3.19. The molecule has 0 atom stereocenters. The van der Waals surface area contributed by atoms with Gasteiger partial charge in [-0.05, 0) is 97.0 Å². The molecule has 0 aliphatic carbocycles. The first-order chi connectivity index (χ1) is 38.2. The molecule has 5 heteroatoms. The van der Waals surface area contributed by atoms with E-state index in [-0.39, 0.29) is 0 Å². The van der Waals surface area contributed by atoms with Crippen LogP contribution in [0.25, 0.3) is 76.8 Å². The van der Waals surface area contributed by atoms with Gasteiger partial charge in [-0.15, -0.1) is 0 Å². The third-order valence-electron chi connectivity index (χ3n) is 16.5. The van der Waals surface area contributed by atoms with Gasteiger partial charge in [-0.2, -0.15) is 0 Å². The summed E-state index contributed by atoms with van der Waals surface area (Å²) in [7, 11) is -6.10. The van der Waals surface area contributed by atoms with E-state index in [1.807, 2.05) is 0 Å². The van der Waals surface area contributed by atoms with E-state index in [2.05, 4.69) is 323 Å². The SMILES string of the molecule is c1ccc([Si](c2ccccc2)(c2ccccc2)c2ccc3c(c2)c2cc(-n4c5ccccc5c5ccccc54)ccc2n3-c2cccc([Si](c3ccccc3)(c3ccccc3)n3c4ccccc4c4ccccc43)c2)cc1. The summed E-state index contributed by atoms with van der Waals surface area (Å²) in [5.74, 6) is 0. The number of hydrogen-bond acceptors (Lipinski definition) is 0. The molecule has 0 radical (unpaired) electrons. The maximum atomic E-state index is 2.75. The lowest BCUT2D eigenvalue weighted by atomic mass is 10.1. The predicted octanol–water partition coefficient (Wildman–Crippen LogP) is 12.9. The fourth-order valence-electron chi connectivity index (χ4n) is 13.3. The highest BCUT2D eigenvalue weighted by atomic mass is 28.3. The first-order valence-electron chi connectivity index (χ1n) is 26.7. The van der Waals surface area contributed by atoms with Crippen molar-refractivity contribution < 1.29 is 0 Å². The normalized spacial score (nSPS) is 12.2. The molecular weight excluding hydrogens is 963 g/mol. The molecule has 0 amide bonds. The molecule has 0 saturated heterocycles. The van der Waals surface area contributed by atoms with E-state index in [0.717, 1.165) is 16.9 Å². The first-order valence-corrected chi connectivity index (χ1v) is 30.6. The highest BCUT2D eigenvalue weighted by molar-refractivity contribution is 7.20. The molecule has 3 aromatic heterocycles. The first kappa shape index (κ1) is 44.9. The van der Waals surface area contributed by atoms with Gasteiger partial charge in [-0.25, -0.2) is 0 Å². The van der Waals surface area contributed by atoms with Crippen LogP contribution in [-0.2, 0) is 0 Å². The zero-order valence-electron chi connectivity index (χ0n) is 42.3. The molecule has 15 aromatic rings. The monoisotopic (exact) mass is 1010 g/mol. The number of fused-ring (bicyclic) bond motifs is 9. The van der Waals surface area contributed by atoms with Crippen LogP contribution >= 0.6 is 0 Å². The van der Waals surface area contributed by atoms with Crippen molar-refractivity contribution in [2.24, 2.45) is 0 Å². The Labute approximate surface area is 449 Å². The van der Waals surface area contributed by atoms with Gasteiger partial charge in [0.2, 0.25) is 0 Å². The van der Waals surface area contributed by atoms with Crippen molar-refractivity contribution in [1.29, 1.82) is 0 Å². The molecular formula is C72H51N3Si2. The lowest BCUT2D eigenvalue weighted by Crippen LogP contribution is -2.74. The highest BCUT2D eigenvalue weighted by Crippen LogP contribution is 2.38. The van der Waals surface area contributed by atoms with E-state index in [9.17, 15) is 0 Å². The predicted molar refractivity (Wildman–Crippen MR) is 331 cm³/mol.